The van der Waals surface area contributed by atoms with Crippen molar-refractivity contribution in [3.63, 3.8) is 0 Å². The van der Waals surface area contributed by atoms with Crippen LogP contribution in [0.15, 0.2) is 12.4 Å². The zero-order valence-corrected chi connectivity index (χ0v) is 13.1. The molecule has 0 bridgehead atoms. The standard InChI is InChI=1S/C17H25N5/c18-9-14-10-20-17(21-11-14)22-7-3-4-13(12-22)8-15-5-1-2-6-16(15)19/h10-11,13,15-16H,1-8,12,19H2/t13-,15+,16-/m1/s1. The van der Waals surface area contributed by atoms with E-state index in [0.29, 0.717) is 23.4 Å². The first-order valence-corrected chi connectivity index (χ1v) is 8.49. The molecule has 1 aliphatic carbocycles. The lowest BCUT2D eigenvalue weighted by Gasteiger charge is -2.37. The Morgan fingerprint density at radius 2 is 1.95 bits per heavy atom. The fourth-order valence-electron chi connectivity index (χ4n) is 3.94. The average Bonchev–Trinajstić information content (AvgIpc) is 2.57. The number of hydrogen-bond acceptors (Lipinski definition) is 5. The van der Waals surface area contributed by atoms with E-state index >= 15 is 0 Å². The van der Waals surface area contributed by atoms with Gasteiger partial charge < -0.3 is 10.6 Å². The van der Waals surface area contributed by atoms with Crippen molar-refractivity contribution in [1.82, 2.24) is 9.97 Å². The lowest BCUT2D eigenvalue weighted by molar-refractivity contribution is 0.236. The van der Waals surface area contributed by atoms with Crippen LogP contribution in [-0.2, 0) is 0 Å². The molecule has 1 aliphatic heterocycles. The Labute approximate surface area is 132 Å². The van der Waals surface area contributed by atoms with Crippen LogP contribution >= 0.6 is 0 Å². The molecule has 3 rings (SSSR count). The van der Waals surface area contributed by atoms with Crippen molar-refractivity contribution in [3.05, 3.63) is 18.0 Å². The fraction of sp³-hybridized carbons (Fsp3) is 0.706. The largest absolute Gasteiger partial charge is 0.341 e. The van der Waals surface area contributed by atoms with Gasteiger partial charge in [0, 0.05) is 19.1 Å². The smallest absolute Gasteiger partial charge is 0.225 e. The third-order valence-electron chi connectivity index (χ3n) is 5.17. The molecule has 22 heavy (non-hydrogen) atoms. The molecule has 118 valence electrons. The first-order chi connectivity index (χ1) is 10.8. The molecule has 5 nitrogen and oxygen atoms in total. The monoisotopic (exact) mass is 299 g/mol. The van der Waals surface area contributed by atoms with Crippen LogP contribution in [0.1, 0.15) is 50.5 Å². The van der Waals surface area contributed by atoms with Gasteiger partial charge in [0.25, 0.3) is 0 Å². The molecule has 2 aliphatic rings. The molecule has 1 saturated carbocycles. The summed E-state index contributed by atoms with van der Waals surface area (Å²) >= 11 is 0. The molecule has 1 aromatic rings. The van der Waals surface area contributed by atoms with E-state index in [1.807, 2.05) is 0 Å². The second-order valence-corrected chi connectivity index (χ2v) is 6.78. The summed E-state index contributed by atoms with van der Waals surface area (Å²) in [5, 5.41) is 8.83. The number of nitrogens with two attached hydrogens (primary N) is 1. The summed E-state index contributed by atoms with van der Waals surface area (Å²) < 4.78 is 0. The highest BCUT2D eigenvalue weighted by molar-refractivity contribution is 5.33. The van der Waals surface area contributed by atoms with E-state index in [4.69, 9.17) is 11.0 Å². The Bertz CT molecular complexity index is 521. The van der Waals surface area contributed by atoms with Crippen molar-refractivity contribution in [2.45, 2.75) is 51.0 Å². The van der Waals surface area contributed by atoms with Gasteiger partial charge in [-0.15, -0.1) is 0 Å². The number of piperidine rings is 1. The molecule has 2 fully saturated rings. The molecule has 1 saturated heterocycles. The molecular formula is C17H25N5. The zero-order chi connectivity index (χ0) is 15.4. The summed E-state index contributed by atoms with van der Waals surface area (Å²) in [4.78, 5) is 10.9. The maximum absolute atomic E-state index is 8.83. The summed E-state index contributed by atoms with van der Waals surface area (Å²) in [7, 11) is 0. The molecule has 5 heteroatoms. The van der Waals surface area contributed by atoms with Gasteiger partial charge >= 0.3 is 0 Å². The Hall–Kier alpha value is -1.67. The Kier molecular flexibility index (Phi) is 4.89. The van der Waals surface area contributed by atoms with Crippen LogP contribution in [0.2, 0.25) is 0 Å². The lowest BCUT2D eigenvalue weighted by atomic mass is 9.78. The number of nitrogens with zero attached hydrogens (tertiary/aromatic N) is 4. The summed E-state index contributed by atoms with van der Waals surface area (Å²) in [5.41, 5.74) is 6.82. The van der Waals surface area contributed by atoms with Crippen molar-refractivity contribution in [2.24, 2.45) is 17.6 Å². The van der Waals surface area contributed by atoms with Crippen LogP contribution < -0.4 is 10.6 Å². The summed E-state index contributed by atoms with van der Waals surface area (Å²) in [6.45, 7) is 2.04. The fourth-order valence-corrected chi connectivity index (χ4v) is 3.94. The molecule has 0 radical (unpaired) electrons. The second kappa shape index (κ2) is 7.06. The van der Waals surface area contributed by atoms with Crippen molar-refractivity contribution in [1.29, 1.82) is 5.26 Å². The summed E-state index contributed by atoms with van der Waals surface area (Å²) in [6.07, 6.45) is 12.1. The maximum Gasteiger partial charge on any atom is 0.225 e. The summed E-state index contributed by atoms with van der Waals surface area (Å²) in [6, 6.07) is 2.47. The third kappa shape index (κ3) is 3.56. The van der Waals surface area contributed by atoms with Gasteiger partial charge in [0.05, 0.1) is 18.0 Å². The van der Waals surface area contributed by atoms with Gasteiger partial charge in [-0.2, -0.15) is 5.26 Å². The molecule has 3 atom stereocenters. The molecule has 2 heterocycles. The van der Waals surface area contributed by atoms with E-state index in [1.165, 1.54) is 44.9 Å². The second-order valence-electron chi connectivity index (χ2n) is 6.78. The number of hydrogen-bond donors (Lipinski definition) is 1. The van der Waals surface area contributed by atoms with E-state index in [9.17, 15) is 0 Å². The molecule has 0 unspecified atom stereocenters. The Balaban J connectivity index is 1.60. The molecule has 1 aromatic heterocycles. The predicted octanol–water partition coefficient (Wildman–Crippen LogP) is 2.47. The van der Waals surface area contributed by atoms with Crippen LogP contribution in [0, 0.1) is 23.2 Å². The van der Waals surface area contributed by atoms with Crippen molar-refractivity contribution >= 4 is 5.95 Å². The molecule has 0 spiro atoms. The van der Waals surface area contributed by atoms with Gasteiger partial charge in [0.2, 0.25) is 5.95 Å². The Morgan fingerprint density at radius 1 is 1.18 bits per heavy atom. The molecule has 0 amide bonds. The van der Waals surface area contributed by atoms with Gasteiger partial charge in [0.15, 0.2) is 0 Å². The van der Waals surface area contributed by atoms with Gasteiger partial charge in [-0.05, 0) is 43.9 Å². The van der Waals surface area contributed by atoms with E-state index in [2.05, 4.69) is 20.9 Å². The SMILES string of the molecule is N#Cc1cnc(N2CCC[C@H](C[C@@H]3CCCC[C@H]3N)C2)nc1. The molecular weight excluding hydrogens is 274 g/mol. The van der Waals surface area contributed by atoms with Crippen LogP contribution in [0.5, 0.6) is 0 Å². The highest BCUT2D eigenvalue weighted by atomic mass is 15.2. The first-order valence-electron chi connectivity index (χ1n) is 8.49. The number of rotatable bonds is 3. The predicted molar refractivity (Wildman–Crippen MR) is 86.2 cm³/mol. The topological polar surface area (TPSA) is 78.8 Å². The van der Waals surface area contributed by atoms with Gasteiger partial charge in [-0.25, -0.2) is 9.97 Å². The summed E-state index contributed by atoms with van der Waals surface area (Å²) in [5.74, 6) is 2.15. The van der Waals surface area contributed by atoms with E-state index in [0.717, 1.165) is 19.0 Å². The van der Waals surface area contributed by atoms with Crippen LogP contribution in [-0.4, -0.2) is 29.1 Å². The molecule has 2 N–H and O–H groups in total. The minimum absolute atomic E-state index is 0.398. The van der Waals surface area contributed by atoms with Crippen LogP contribution in [0.25, 0.3) is 0 Å². The average molecular weight is 299 g/mol. The normalized spacial score (nSPS) is 29.1. The lowest BCUT2D eigenvalue weighted by Crippen LogP contribution is -2.40. The minimum atomic E-state index is 0.398. The quantitative estimate of drug-likeness (QED) is 0.927. The van der Waals surface area contributed by atoms with Gasteiger partial charge in [-0.1, -0.05) is 12.8 Å². The highest BCUT2D eigenvalue weighted by Crippen LogP contribution is 2.32. The van der Waals surface area contributed by atoms with Crippen LogP contribution in [0.4, 0.5) is 5.95 Å². The number of anilines is 1. The first kappa shape index (κ1) is 15.2. The van der Waals surface area contributed by atoms with Crippen LogP contribution in [0.3, 0.4) is 0 Å². The minimum Gasteiger partial charge on any atom is -0.341 e. The zero-order valence-electron chi connectivity index (χ0n) is 13.1. The number of aromatic nitrogens is 2. The van der Waals surface area contributed by atoms with E-state index in [1.54, 1.807) is 12.4 Å². The van der Waals surface area contributed by atoms with Crippen molar-refractivity contribution in [2.75, 3.05) is 18.0 Å². The Morgan fingerprint density at radius 3 is 2.68 bits per heavy atom. The highest BCUT2D eigenvalue weighted by Gasteiger charge is 2.28. The van der Waals surface area contributed by atoms with Gasteiger partial charge in [0.1, 0.15) is 6.07 Å². The molecule has 0 aromatic carbocycles. The van der Waals surface area contributed by atoms with Gasteiger partial charge in [-0.3, -0.25) is 0 Å². The van der Waals surface area contributed by atoms with E-state index in [-0.39, 0.29) is 0 Å². The third-order valence-corrected chi connectivity index (χ3v) is 5.17. The van der Waals surface area contributed by atoms with Crippen molar-refractivity contribution in [3.8, 4) is 6.07 Å². The maximum atomic E-state index is 8.83. The number of nitriles is 1. The van der Waals surface area contributed by atoms with E-state index < -0.39 is 0 Å². The van der Waals surface area contributed by atoms with Crippen molar-refractivity contribution < 1.29 is 0 Å².